The Kier molecular flexibility index (Phi) is 3.77. The van der Waals surface area contributed by atoms with E-state index in [2.05, 4.69) is 11.1 Å². The van der Waals surface area contributed by atoms with Gasteiger partial charge in [-0.2, -0.15) is 5.26 Å². The van der Waals surface area contributed by atoms with E-state index in [0.29, 0.717) is 24.3 Å². The van der Waals surface area contributed by atoms with Crippen molar-refractivity contribution >= 4 is 17.2 Å². The number of aromatic nitrogens is 1. The van der Waals surface area contributed by atoms with Crippen LogP contribution in [0, 0.1) is 17.1 Å². The normalized spacial score (nSPS) is 16.5. The fourth-order valence-electron chi connectivity index (χ4n) is 2.55. The molecule has 2 heterocycles. The van der Waals surface area contributed by atoms with Gasteiger partial charge in [0.1, 0.15) is 17.6 Å². The highest BCUT2D eigenvalue weighted by atomic mass is 32.1. The molecule has 0 radical (unpaired) electrons. The van der Waals surface area contributed by atoms with Crippen molar-refractivity contribution in [1.29, 1.82) is 5.26 Å². The van der Waals surface area contributed by atoms with Gasteiger partial charge in [-0.25, -0.2) is 9.37 Å². The van der Waals surface area contributed by atoms with Gasteiger partial charge in [-0.05, 0) is 6.07 Å². The Labute approximate surface area is 130 Å². The molecule has 0 saturated carbocycles. The first-order valence-electron chi connectivity index (χ1n) is 6.62. The van der Waals surface area contributed by atoms with Gasteiger partial charge in [0.25, 0.3) is 5.91 Å². The predicted octanol–water partition coefficient (Wildman–Crippen LogP) is 2.55. The van der Waals surface area contributed by atoms with Gasteiger partial charge in [-0.1, -0.05) is 0 Å². The molecule has 0 N–H and O–H groups in total. The van der Waals surface area contributed by atoms with Crippen molar-refractivity contribution in [2.24, 2.45) is 0 Å². The van der Waals surface area contributed by atoms with Crippen LogP contribution in [-0.2, 0) is 6.42 Å². The van der Waals surface area contributed by atoms with Crippen LogP contribution in [-0.4, -0.2) is 29.4 Å². The minimum Gasteiger partial charge on any atom is -0.497 e. The van der Waals surface area contributed by atoms with E-state index in [0.717, 1.165) is 11.1 Å². The second-order valence-corrected chi connectivity index (χ2v) is 5.76. The molecule has 5 nitrogen and oxygen atoms in total. The van der Waals surface area contributed by atoms with Crippen LogP contribution in [0.5, 0.6) is 5.75 Å². The third-order valence-corrected chi connectivity index (χ3v) is 4.42. The molecule has 22 heavy (non-hydrogen) atoms. The third kappa shape index (κ3) is 2.31. The Bertz CT molecular complexity index is 755. The van der Waals surface area contributed by atoms with Crippen molar-refractivity contribution in [3.05, 3.63) is 45.7 Å². The summed E-state index contributed by atoms with van der Waals surface area (Å²) < 4.78 is 19.2. The molecule has 2 aromatic rings. The maximum atomic E-state index is 14.1. The number of benzene rings is 1. The lowest BCUT2D eigenvalue weighted by atomic mass is 10.0. The van der Waals surface area contributed by atoms with Crippen molar-refractivity contribution in [1.82, 2.24) is 9.88 Å². The Balaban J connectivity index is 1.92. The summed E-state index contributed by atoms with van der Waals surface area (Å²) in [5, 5.41) is 12.1. The number of ether oxygens (including phenoxy) is 1. The highest BCUT2D eigenvalue weighted by Crippen LogP contribution is 2.37. The predicted molar refractivity (Wildman–Crippen MR) is 78.2 cm³/mol. The number of nitrogens with zero attached hydrogens (tertiary/aromatic N) is 3. The second-order valence-electron chi connectivity index (χ2n) is 4.78. The van der Waals surface area contributed by atoms with Crippen LogP contribution in [0.25, 0.3) is 0 Å². The largest absolute Gasteiger partial charge is 0.497 e. The molecular weight excluding hydrogens is 305 g/mol. The van der Waals surface area contributed by atoms with Crippen molar-refractivity contribution in [2.45, 2.75) is 12.5 Å². The van der Waals surface area contributed by atoms with Gasteiger partial charge in [0, 0.05) is 36.2 Å². The second kappa shape index (κ2) is 5.73. The van der Waals surface area contributed by atoms with E-state index in [9.17, 15) is 14.4 Å². The SMILES string of the molecule is COc1cc(F)c2c(c1)C(C#N)N(CCc1nccs1)C2=O. The maximum absolute atomic E-state index is 14.1. The van der Waals surface area contributed by atoms with Gasteiger partial charge in [0.05, 0.1) is 23.8 Å². The number of amides is 1. The highest BCUT2D eigenvalue weighted by molar-refractivity contribution is 7.09. The molecule has 0 bridgehead atoms. The first kappa shape index (κ1) is 14.5. The van der Waals surface area contributed by atoms with E-state index in [-0.39, 0.29) is 5.56 Å². The first-order chi connectivity index (χ1) is 10.7. The van der Waals surface area contributed by atoms with E-state index in [1.165, 1.54) is 23.3 Å². The third-order valence-electron chi connectivity index (χ3n) is 3.58. The van der Waals surface area contributed by atoms with Crippen LogP contribution < -0.4 is 4.74 Å². The van der Waals surface area contributed by atoms with E-state index in [4.69, 9.17) is 4.74 Å². The van der Waals surface area contributed by atoms with Crippen LogP contribution in [0.3, 0.4) is 0 Å². The number of thiazole rings is 1. The van der Waals surface area contributed by atoms with Crippen LogP contribution in [0.15, 0.2) is 23.7 Å². The molecule has 1 aromatic heterocycles. The van der Waals surface area contributed by atoms with E-state index in [1.807, 2.05) is 5.38 Å². The summed E-state index contributed by atoms with van der Waals surface area (Å²) in [4.78, 5) is 18.0. The van der Waals surface area contributed by atoms with Crippen LogP contribution in [0.1, 0.15) is 27.0 Å². The Morgan fingerprint density at radius 1 is 1.55 bits per heavy atom. The number of hydrogen-bond acceptors (Lipinski definition) is 5. The number of nitriles is 1. The summed E-state index contributed by atoms with van der Waals surface area (Å²) in [6.07, 6.45) is 2.22. The molecule has 0 aliphatic carbocycles. The van der Waals surface area contributed by atoms with Gasteiger partial charge in [-0.15, -0.1) is 11.3 Å². The number of methoxy groups -OCH3 is 1. The zero-order valence-corrected chi connectivity index (χ0v) is 12.6. The zero-order valence-electron chi connectivity index (χ0n) is 11.7. The Hall–Kier alpha value is -2.46. The number of halogens is 1. The lowest BCUT2D eigenvalue weighted by molar-refractivity contribution is 0.0756. The molecule has 1 unspecified atom stereocenters. The van der Waals surface area contributed by atoms with E-state index in [1.54, 1.807) is 12.3 Å². The highest BCUT2D eigenvalue weighted by Gasteiger charge is 2.39. The van der Waals surface area contributed by atoms with Crippen molar-refractivity contribution in [3.63, 3.8) is 0 Å². The molecule has 1 aromatic carbocycles. The lowest BCUT2D eigenvalue weighted by Crippen LogP contribution is -2.29. The number of rotatable bonds is 4. The molecular formula is C15H12FN3O2S. The maximum Gasteiger partial charge on any atom is 0.258 e. The lowest BCUT2D eigenvalue weighted by Gasteiger charge is -2.19. The fourth-order valence-corrected chi connectivity index (χ4v) is 3.16. The summed E-state index contributed by atoms with van der Waals surface area (Å²) in [5.74, 6) is -0.819. The molecule has 1 atom stereocenters. The minimum atomic E-state index is -0.799. The van der Waals surface area contributed by atoms with Crippen molar-refractivity contribution in [3.8, 4) is 11.8 Å². The number of hydrogen-bond donors (Lipinski definition) is 0. The molecule has 1 aliphatic rings. The zero-order chi connectivity index (χ0) is 15.7. The van der Waals surface area contributed by atoms with Gasteiger partial charge in [0.2, 0.25) is 0 Å². The summed E-state index contributed by atoms with van der Waals surface area (Å²) in [7, 11) is 1.42. The standard InChI is InChI=1S/C15H12FN3O2S/c1-21-9-6-10-12(8-17)19(4-2-13-18-3-5-22-13)15(20)14(10)11(16)7-9/h3,5-7,12H,2,4H2,1H3. The van der Waals surface area contributed by atoms with Crippen LogP contribution in [0.4, 0.5) is 4.39 Å². The smallest absolute Gasteiger partial charge is 0.258 e. The summed E-state index contributed by atoms with van der Waals surface area (Å²) in [5.41, 5.74) is 0.329. The molecule has 0 fully saturated rings. The topological polar surface area (TPSA) is 66.2 Å². The van der Waals surface area contributed by atoms with Crippen LogP contribution in [0.2, 0.25) is 0 Å². The molecule has 112 valence electrons. The Morgan fingerprint density at radius 2 is 2.36 bits per heavy atom. The number of fused-ring (bicyclic) bond motifs is 1. The summed E-state index contributed by atoms with van der Waals surface area (Å²) in [6.45, 7) is 0.320. The quantitative estimate of drug-likeness (QED) is 0.869. The molecule has 1 aliphatic heterocycles. The summed E-state index contributed by atoms with van der Waals surface area (Å²) >= 11 is 1.48. The van der Waals surface area contributed by atoms with Crippen molar-refractivity contribution < 1.29 is 13.9 Å². The minimum absolute atomic E-state index is 0.0357. The van der Waals surface area contributed by atoms with Gasteiger partial charge in [-0.3, -0.25) is 4.79 Å². The first-order valence-corrected chi connectivity index (χ1v) is 7.50. The molecule has 7 heteroatoms. The van der Waals surface area contributed by atoms with Crippen molar-refractivity contribution in [2.75, 3.05) is 13.7 Å². The Morgan fingerprint density at radius 3 is 3.00 bits per heavy atom. The molecule has 0 saturated heterocycles. The van der Waals surface area contributed by atoms with Gasteiger partial charge < -0.3 is 9.64 Å². The number of carbonyl (C=O) groups excluding carboxylic acids is 1. The number of carbonyl (C=O) groups is 1. The van der Waals surface area contributed by atoms with Gasteiger partial charge in [0.15, 0.2) is 0 Å². The fraction of sp³-hybridized carbons (Fsp3) is 0.267. The molecule has 3 rings (SSSR count). The average molecular weight is 317 g/mol. The van der Waals surface area contributed by atoms with Gasteiger partial charge >= 0.3 is 0 Å². The van der Waals surface area contributed by atoms with E-state index >= 15 is 0 Å². The van der Waals surface area contributed by atoms with Crippen LogP contribution >= 0.6 is 11.3 Å². The summed E-state index contributed by atoms with van der Waals surface area (Å²) in [6, 6.07) is 3.99. The molecule has 0 spiro atoms. The van der Waals surface area contributed by atoms with E-state index < -0.39 is 17.8 Å². The average Bonchev–Trinajstić information content (AvgIpc) is 3.11. The monoisotopic (exact) mass is 317 g/mol. The molecule has 1 amide bonds.